The van der Waals surface area contributed by atoms with Crippen LogP contribution in [0.25, 0.3) is 0 Å². The number of hydrogen-bond acceptors (Lipinski definition) is 4. The van der Waals surface area contributed by atoms with Crippen molar-refractivity contribution in [2.75, 3.05) is 6.61 Å². The zero-order chi connectivity index (χ0) is 10.8. The first-order valence-electron chi connectivity index (χ1n) is 5.45. The summed E-state index contributed by atoms with van der Waals surface area (Å²) in [5.41, 5.74) is 2.15. The van der Waals surface area contributed by atoms with Crippen LogP contribution in [0.1, 0.15) is 30.4 Å². The summed E-state index contributed by atoms with van der Waals surface area (Å²) in [6, 6.07) is 0.457. The molecule has 1 aliphatic heterocycles. The molecule has 15 heavy (non-hydrogen) atoms. The van der Waals surface area contributed by atoms with Crippen molar-refractivity contribution in [3.63, 3.8) is 0 Å². The Morgan fingerprint density at radius 1 is 1.47 bits per heavy atom. The van der Waals surface area contributed by atoms with E-state index in [1.807, 2.05) is 13.8 Å². The fourth-order valence-electron chi connectivity index (χ4n) is 1.99. The van der Waals surface area contributed by atoms with E-state index in [1.54, 1.807) is 0 Å². The van der Waals surface area contributed by atoms with Gasteiger partial charge in [-0.05, 0) is 27.2 Å². The smallest absolute Gasteiger partial charge is 0.138 e. The molecule has 0 radical (unpaired) electrons. The summed E-state index contributed by atoms with van der Waals surface area (Å²) < 4.78 is 10.6. The van der Waals surface area contributed by atoms with Crippen molar-refractivity contribution < 1.29 is 9.26 Å². The molecular weight excluding hydrogens is 192 g/mol. The molecule has 1 N–H and O–H groups in total. The summed E-state index contributed by atoms with van der Waals surface area (Å²) >= 11 is 0. The van der Waals surface area contributed by atoms with E-state index >= 15 is 0 Å². The van der Waals surface area contributed by atoms with Gasteiger partial charge in [0.25, 0.3) is 0 Å². The Kier molecular flexibility index (Phi) is 3.07. The molecule has 4 heteroatoms. The van der Waals surface area contributed by atoms with Crippen molar-refractivity contribution in [1.29, 1.82) is 0 Å². The van der Waals surface area contributed by atoms with Gasteiger partial charge in [-0.3, -0.25) is 0 Å². The van der Waals surface area contributed by atoms with Crippen LogP contribution in [-0.2, 0) is 11.3 Å². The molecule has 2 heterocycles. The van der Waals surface area contributed by atoms with E-state index in [4.69, 9.17) is 9.26 Å². The van der Waals surface area contributed by atoms with Crippen LogP contribution in [0.3, 0.4) is 0 Å². The lowest BCUT2D eigenvalue weighted by Crippen LogP contribution is -2.34. The van der Waals surface area contributed by atoms with Crippen molar-refractivity contribution in [2.45, 2.75) is 45.9 Å². The predicted molar refractivity (Wildman–Crippen MR) is 56.6 cm³/mol. The Balaban J connectivity index is 1.93. The minimum absolute atomic E-state index is 0.311. The molecule has 1 aliphatic rings. The number of aromatic nitrogens is 1. The quantitative estimate of drug-likeness (QED) is 0.822. The average Bonchev–Trinajstić information content (AvgIpc) is 2.73. The third kappa shape index (κ3) is 2.21. The minimum atomic E-state index is 0.311. The Morgan fingerprint density at radius 3 is 2.80 bits per heavy atom. The zero-order valence-corrected chi connectivity index (χ0v) is 9.54. The summed E-state index contributed by atoms with van der Waals surface area (Å²) in [5.74, 6) is 0.909. The Hall–Kier alpha value is -0.870. The zero-order valence-electron chi connectivity index (χ0n) is 9.54. The molecule has 1 aromatic heterocycles. The van der Waals surface area contributed by atoms with Gasteiger partial charge in [0, 0.05) is 24.8 Å². The summed E-state index contributed by atoms with van der Waals surface area (Å²) in [7, 11) is 0. The lowest BCUT2D eigenvalue weighted by Gasteiger charge is -2.15. The topological polar surface area (TPSA) is 47.3 Å². The first-order valence-corrected chi connectivity index (χ1v) is 5.45. The minimum Gasteiger partial charge on any atom is -0.377 e. The van der Waals surface area contributed by atoms with Gasteiger partial charge in [-0.15, -0.1) is 0 Å². The maximum Gasteiger partial charge on any atom is 0.138 e. The van der Waals surface area contributed by atoms with Gasteiger partial charge in [0.2, 0.25) is 0 Å². The second kappa shape index (κ2) is 4.33. The predicted octanol–water partition coefficient (Wildman–Crippen LogP) is 1.56. The van der Waals surface area contributed by atoms with Crippen LogP contribution in [-0.4, -0.2) is 23.9 Å². The second-order valence-corrected chi connectivity index (χ2v) is 4.15. The van der Waals surface area contributed by atoms with Crippen molar-refractivity contribution in [3.8, 4) is 0 Å². The highest BCUT2D eigenvalue weighted by Crippen LogP contribution is 2.16. The second-order valence-electron chi connectivity index (χ2n) is 4.15. The highest BCUT2D eigenvalue weighted by molar-refractivity contribution is 5.20. The summed E-state index contributed by atoms with van der Waals surface area (Å²) in [6.45, 7) is 7.71. The van der Waals surface area contributed by atoms with E-state index in [1.165, 1.54) is 5.56 Å². The SMILES string of the molecule is Cc1noc(C)c1CN[C@@H]1CCO[C@@H]1C. The van der Waals surface area contributed by atoms with Crippen LogP contribution >= 0.6 is 0 Å². The normalized spacial score (nSPS) is 26.1. The van der Waals surface area contributed by atoms with Crippen LogP contribution in [0.15, 0.2) is 4.52 Å². The third-order valence-electron chi connectivity index (χ3n) is 3.10. The Morgan fingerprint density at radius 2 is 2.27 bits per heavy atom. The molecule has 0 aliphatic carbocycles. The van der Waals surface area contributed by atoms with Gasteiger partial charge >= 0.3 is 0 Å². The van der Waals surface area contributed by atoms with E-state index in [-0.39, 0.29) is 0 Å². The van der Waals surface area contributed by atoms with Crippen LogP contribution in [0, 0.1) is 13.8 Å². The van der Waals surface area contributed by atoms with Crippen LogP contribution in [0.2, 0.25) is 0 Å². The number of ether oxygens (including phenoxy) is 1. The van der Waals surface area contributed by atoms with E-state index < -0.39 is 0 Å². The lowest BCUT2D eigenvalue weighted by molar-refractivity contribution is 0.113. The van der Waals surface area contributed by atoms with Gasteiger partial charge in [0.15, 0.2) is 0 Å². The molecular formula is C11H18N2O2. The monoisotopic (exact) mass is 210 g/mol. The fourth-order valence-corrected chi connectivity index (χ4v) is 1.99. The van der Waals surface area contributed by atoms with Gasteiger partial charge in [-0.2, -0.15) is 0 Å². The number of nitrogens with one attached hydrogen (secondary N) is 1. The maximum atomic E-state index is 5.49. The summed E-state index contributed by atoms with van der Waals surface area (Å²) in [4.78, 5) is 0. The molecule has 4 nitrogen and oxygen atoms in total. The van der Waals surface area contributed by atoms with Crippen molar-refractivity contribution in [1.82, 2.24) is 10.5 Å². The first kappa shape index (κ1) is 10.6. The Bertz CT molecular complexity index is 316. The number of nitrogens with zero attached hydrogens (tertiary/aromatic N) is 1. The molecule has 0 saturated carbocycles. The number of hydrogen-bond donors (Lipinski definition) is 1. The third-order valence-corrected chi connectivity index (χ3v) is 3.10. The highest BCUT2D eigenvalue weighted by atomic mass is 16.5. The van der Waals surface area contributed by atoms with Gasteiger partial charge in [0.05, 0.1) is 11.8 Å². The molecule has 0 aromatic carbocycles. The fraction of sp³-hybridized carbons (Fsp3) is 0.727. The molecule has 2 rings (SSSR count). The average molecular weight is 210 g/mol. The van der Waals surface area contributed by atoms with Crippen molar-refractivity contribution in [3.05, 3.63) is 17.0 Å². The van der Waals surface area contributed by atoms with Gasteiger partial charge < -0.3 is 14.6 Å². The molecule has 0 bridgehead atoms. The first-order chi connectivity index (χ1) is 7.18. The van der Waals surface area contributed by atoms with Crippen LogP contribution in [0.5, 0.6) is 0 Å². The van der Waals surface area contributed by atoms with Gasteiger partial charge in [0.1, 0.15) is 5.76 Å². The van der Waals surface area contributed by atoms with Gasteiger partial charge in [-0.1, -0.05) is 5.16 Å². The molecule has 1 fully saturated rings. The summed E-state index contributed by atoms with van der Waals surface area (Å²) in [5, 5.41) is 7.42. The van der Waals surface area contributed by atoms with Crippen LogP contribution < -0.4 is 5.32 Å². The summed E-state index contributed by atoms with van der Waals surface area (Å²) in [6.07, 6.45) is 1.40. The van der Waals surface area contributed by atoms with Crippen LogP contribution in [0.4, 0.5) is 0 Å². The molecule has 0 unspecified atom stereocenters. The molecule has 0 amide bonds. The van der Waals surface area contributed by atoms with E-state index in [0.29, 0.717) is 12.1 Å². The van der Waals surface area contributed by atoms with E-state index in [0.717, 1.165) is 31.0 Å². The molecule has 1 saturated heterocycles. The number of rotatable bonds is 3. The maximum absolute atomic E-state index is 5.49. The Labute approximate surface area is 90.0 Å². The largest absolute Gasteiger partial charge is 0.377 e. The standard InChI is InChI=1S/C11H18N2O2/c1-7-10(8(2)15-13-7)6-12-11-4-5-14-9(11)3/h9,11-12H,4-6H2,1-3H3/t9-,11-/m1/s1. The molecule has 2 atom stereocenters. The van der Waals surface area contributed by atoms with Crippen molar-refractivity contribution >= 4 is 0 Å². The molecule has 84 valence electrons. The van der Waals surface area contributed by atoms with Gasteiger partial charge in [-0.25, -0.2) is 0 Å². The van der Waals surface area contributed by atoms with Crippen molar-refractivity contribution in [2.24, 2.45) is 0 Å². The number of aryl methyl sites for hydroxylation is 2. The highest BCUT2D eigenvalue weighted by Gasteiger charge is 2.24. The van der Waals surface area contributed by atoms with E-state index in [2.05, 4.69) is 17.4 Å². The molecule has 1 aromatic rings. The molecule has 0 spiro atoms. The lowest BCUT2D eigenvalue weighted by atomic mass is 10.1. The van der Waals surface area contributed by atoms with E-state index in [9.17, 15) is 0 Å².